The number of ketones is 1. The summed E-state index contributed by atoms with van der Waals surface area (Å²) in [4.78, 5) is 12.0. The summed E-state index contributed by atoms with van der Waals surface area (Å²) in [6.45, 7) is 0. The van der Waals surface area contributed by atoms with Crippen LogP contribution in [0.4, 0.5) is 0 Å². The van der Waals surface area contributed by atoms with Crippen LogP contribution in [0.15, 0.2) is 11.6 Å². The van der Waals surface area contributed by atoms with Gasteiger partial charge in [-0.15, -0.1) is 0 Å². The normalized spacial score (nSPS) is 40.4. The molecule has 0 spiro atoms. The highest BCUT2D eigenvalue weighted by molar-refractivity contribution is 5.93. The molecule has 0 aromatic rings. The van der Waals surface area contributed by atoms with E-state index in [0.717, 1.165) is 11.8 Å². The third-order valence-electron chi connectivity index (χ3n) is 4.74. The van der Waals surface area contributed by atoms with E-state index in [1.54, 1.807) is 0 Å². The summed E-state index contributed by atoms with van der Waals surface area (Å²) >= 11 is 0. The second kappa shape index (κ2) is 3.77. The first-order chi connectivity index (χ1) is 7.36. The molecule has 0 unspecified atom stereocenters. The lowest BCUT2D eigenvalue weighted by molar-refractivity contribution is -0.122. The fourth-order valence-corrected chi connectivity index (χ4v) is 4.02. The highest BCUT2D eigenvalue weighted by Gasteiger charge is 2.40. The Kier molecular flexibility index (Phi) is 2.42. The molecule has 0 aliphatic heterocycles. The van der Waals surface area contributed by atoms with Crippen molar-refractivity contribution in [1.29, 1.82) is 0 Å². The molecule has 3 aliphatic rings. The SMILES string of the molecule is O=C1C=C2CCCC[C@@H]2[C@H]2CCCC[C@H]12. The number of fused-ring (bicyclic) bond motifs is 3. The van der Waals surface area contributed by atoms with E-state index in [-0.39, 0.29) is 0 Å². The Labute approximate surface area is 91.9 Å². The Hall–Kier alpha value is -0.590. The van der Waals surface area contributed by atoms with Gasteiger partial charge in [0.15, 0.2) is 5.78 Å². The van der Waals surface area contributed by atoms with Crippen LogP contribution in [0, 0.1) is 17.8 Å². The van der Waals surface area contributed by atoms with E-state index in [4.69, 9.17) is 0 Å². The van der Waals surface area contributed by atoms with Crippen molar-refractivity contribution >= 4 is 5.78 Å². The molecule has 0 radical (unpaired) electrons. The predicted molar refractivity (Wildman–Crippen MR) is 60.5 cm³/mol. The zero-order valence-corrected chi connectivity index (χ0v) is 9.37. The lowest BCUT2D eigenvalue weighted by Gasteiger charge is -2.42. The van der Waals surface area contributed by atoms with Crippen molar-refractivity contribution in [2.24, 2.45) is 17.8 Å². The van der Waals surface area contributed by atoms with Gasteiger partial charge in [-0.2, -0.15) is 0 Å². The maximum Gasteiger partial charge on any atom is 0.159 e. The van der Waals surface area contributed by atoms with Gasteiger partial charge in [-0.25, -0.2) is 0 Å². The molecule has 3 aliphatic carbocycles. The Morgan fingerprint density at radius 1 is 0.933 bits per heavy atom. The van der Waals surface area contributed by atoms with Gasteiger partial charge in [0.05, 0.1) is 0 Å². The van der Waals surface area contributed by atoms with Crippen molar-refractivity contribution in [3.8, 4) is 0 Å². The largest absolute Gasteiger partial charge is 0.295 e. The van der Waals surface area contributed by atoms with Crippen LogP contribution in [0.1, 0.15) is 51.4 Å². The summed E-state index contributed by atoms with van der Waals surface area (Å²) in [5, 5.41) is 0. The van der Waals surface area contributed by atoms with Crippen molar-refractivity contribution in [2.45, 2.75) is 51.4 Å². The topological polar surface area (TPSA) is 17.1 Å². The molecule has 3 rings (SSSR count). The maximum absolute atomic E-state index is 12.0. The van der Waals surface area contributed by atoms with E-state index < -0.39 is 0 Å². The number of carbonyl (C=O) groups excluding carboxylic acids is 1. The molecule has 2 saturated carbocycles. The summed E-state index contributed by atoms with van der Waals surface area (Å²) in [6, 6.07) is 0. The molecule has 0 N–H and O–H groups in total. The van der Waals surface area contributed by atoms with Gasteiger partial charge < -0.3 is 0 Å². The summed E-state index contributed by atoms with van der Waals surface area (Å²) in [5.74, 6) is 2.40. The first-order valence-electron chi connectivity index (χ1n) is 6.60. The highest BCUT2D eigenvalue weighted by atomic mass is 16.1. The molecule has 0 aromatic carbocycles. The minimum Gasteiger partial charge on any atom is -0.295 e. The molecule has 0 bridgehead atoms. The van der Waals surface area contributed by atoms with Crippen LogP contribution in [0.3, 0.4) is 0 Å². The minimum atomic E-state index is 0.408. The minimum absolute atomic E-state index is 0.408. The Morgan fingerprint density at radius 2 is 1.67 bits per heavy atom. The van der Waals surface area contributed by atoms with Gasteiger partial charge in [0.1, 0.15) is 0 Å². The summed E-state index contributed by atoms with van der Waals surface area (Å²) in [7, 11) is 0. The van der Waals surface area contributed by atoms with E-state index >= 15 is 0 Å². The third-order valence-corrected chi connectivity index (χ3v) is 4.74. The molecule has 0 saturated heterocycles. The molecule has 15 heavy (non-hydrogen) atoms. The van der Waals surface area contributed by atoms with Crippen LogP contribution in [0.5, 0.6) is 0 Å². The Bertz CT molecular complexity index is 302. The molecule has 1 heteroatoms. The molecular formula is C14H20O. The second-order valence-corrected chi connectivity index (χ2v) is 5.53. The van der Waals surface area contributed by atoms with Gasteiger partial charge in [0, 0.05) is 5.92 Å². The summed E-state index contributed by atoms with van der Waals surface area (Å²) < 4.78 is 0. The zero-order chi connectivity index (χ0) is 10.3. The number of hydrogen-bond donors (Lipinski definition) is 0. The van der Waals surface area contributed by atoms with Crippen LogP contribution in [-0.4, -0.2) is 5.78 Å². The quantitative estimate of drug-likeness (QED) is 0.590. The van der Waals surface area contributed by atoms with Crippen molar-refractivity contribution in [1.82, 2.24) is 0 Å². The van der Waals surface area contributed by atoms with Crippen LogP contribution < -0.4 is 0 Å². The van der Waals surface area contributed by atoms with Gasteiger partial charge in [0.25, 0.3) is 0 Å². The van der Waals surface area contributed by atoms with E-state index in [1.165, 1.54) is 56.9 Å². The van der Waals surface area contributed by atoms with Gasteiger partial charge in [-0.05, 0) is 50.0 Å². The van der Waals surface area contributed by atoms with Gasteiger partial charge in [0.2, 0.25) is 0 Å². The van der Waals surface area contributed by atoms with E-state index in [1.807, 2.05) is 6.08 Å². The van der Waals surface area contributed by atoms with Crippen molar-refractivity contribution in [2.75, 3.05) is 0 Å². The zero-order valence-electron chi connectivity index (χ0n) is 9.37. The molecule has 82 valence electrons. The second-order valence-electron chi connectivity index (χ2n) is 5.53. The number of allylic oxidation sites excluding steroid dienone is 2. The molecule has 0 amide bonds. The molecule has 1 nitrogen and oxygen atoms in total. The first kappa shape index (κ1) is 9.62. The molecule has 0 heterocycles. The van der Waals surface area contributed by atoms with E-state index in [9.17, 15) is 4.79 Å². The van der Waals surface area contributed by atoms with Crippen LogP contribution in [0.25, 0.3) is 0 Å². The van der Waals surface area contributed by atoms with Crippen molar-refractivity contribution in [3.05, 3.63) is 11.6 Å². The van der Waals surface area contributed by atoms with Gasteiger partial charge in [-0.1, -0.05) is 24.8 Å². The molecule has 3 atom stereocenters. The number of hydrogen-bond acceptors (Lipinski definition) is 1. The standard InChI is InChI=1S/C14H20O/c15-14-9-10-5-1-2-6-11(10)12-7-3-4-8-13(12)14/h9,11-13H,1-8H2/t11-,12+,13-/m0/s1. The maximum atomic E-state index is 12.0. The van der Waals surface area contributed by atoms with Crippen molar-refractivity contribution in [3.63, 3.8) is 0 Å². The molecule has 0 aromatic heterocycles. The smallest absolute Gasteiger partial charge is 0.159 e. The number of carbonyl (C=O) groups is 1. The molecule has 2 fully saturated rings. The van der Waals surface area contributed by atoms with Gasteiger partial charge in [-0.3, -0.25) is 4.79 Å². The molecular weight excluding hydrogens is 184 g/mol. The lowest BCUT2D eigenvalue weighted by Crippen LogP contribution is -2.37. The highest BCUT2D eigenvalue weighted by Crippen LogP contribution is 2.47. The average Bonchev–Trinajstić information content (AvgIpc) is 2.30. The lowest BCUT2D eigenvalue weighted by atomic mass is 9.62. The first-order valence-corrected chi connectivity index (χ1v) is 6.60. The average molecular weight is 204 g/mol. The predicted octanol–water partition coefficient (Wildman–Crippen LogP) is 3.49. The van der Waals surface area contributed by atoms with Crippen LogP contribution >= 0.6 is 0 Å². The fraction of sp³-hybridized carbons (Fsp3) is 0.786. The summed E-state index contributed by atoms with van der Waals surface area (Å²) in [6.07, 6.45) is 12.4. The fourth-order valence-electron chi connectivity index (χ4n) is 4.02. The van der Waals surface area contributed by atoms with E-state index in [0.29, 0.717) is 11.7 Å². The Balaban J connectivity index is 1.91. The number of rotatable bonds is 0. The van der Waals surface area contributed by atoms with Crippen molar-refractivity contribution < 1.29 is 4.79 Å². The van der Waals surface area contributed by atoms with Gasteiger partial charge >= 0.3 is 0 Å². The summed E-state index contributed by atoms with van der Waals surface area (Å²) in [5.41, 5.74) is 1.51. The van der Waals surface area contributed by atoms with Crippen LogP contribution in [0.2, 0.25) is 0 Å². The third kappa shape index (κ3) is 1.56. The Morgan fingerprint density at radius 3 is 2.60 bits per heavy atom. The monoisotopic (exact) mass is 204 g/mol. The van der Waals surface area contributed by atoms with Crippen LogP contribution in [-0.2, 0) is 4.79 Å². The van der Waals surface area contributed by atoms with E-state index in [2.05, 4.69) is 0 Å².